The van der Waals surface area contributed by atoms with E-state index >= 15 is 0 Å². The summed E-state index contributed by atoms with van der Waals surface area (Å²) in [7, 11) is 0. The highest BCUT2D eigenvalue weighted by Gasteiger charge is 2.19. The normalized spacial score (nSPS) is 12.6. The van der Waals surface area contributed by atoms with Crippen LogP contribution in [0.5, 0.6) is 0 Å². The van der Waals surface area contributed by atoms with Crippen molar-refractivity contribution in [1.82, 2.24) is 0 Å². The molecule has 0 spiro atoms. The van der Waals surface area contributed by atoms with Crippen LogP contribution in [0.1, 0.15) is 303 Å². The number of carbonyl (C=O) groups is 3. The van der Waals surface area contributed by atoms with E-state index in [1.54, 1.807) is 0 Å². The minimum Gasteiger partial charge on any atom is -0.462 e. The van der Waals surface area contributed by atoms with Gasteiger partial charge in [-0.05, 0) is 122 Å². The maximum atomic E-state index is 12.9. The quantitative estimate of drug-likeness (QED) is 0.0261. The second-order valence-electron chi connectivity index (χ2n) is 20.6. The van der Waals surface area contributed by atoms with Gasteiger partial charge in [-0.25, -0.2) is 0 Å². The van der Waals surface area contributed by atoms with Crippen molar-refractivity contribution in [2.24, 2.45) is 0 Å². The summed E-state index contributed by atoms with van der Waals surface area (Å²) in [6.45, 7) is 6.57. The van der Waals surface area contributed by atoms with Gasteiger partial charge in [-0.3, -0.25) is 14.4 Å². The average molecular weight is 1020 g/mol. The van der Waals surface area contributed by atoms with Crippen LogP contribution in [0.4, 0.5) is 0 Å². The molecule has 0 fully saturated rings. The van der Waals surface area contributed by atoms with Gasteiger partial charge in [-0.15, -0.1) is 0 Å². The molecule has 420 valence electrons. The van der Waals surface area contributed by atoms with Crippen molar-refractivity contribution in [2.45, 2.75) is 309 Å². The van der Waals surface area contributed by atoms with Crippen LogP contribution < -0.4 is 0 Å². The summed E-state index contributed by atoms with van der Waals surface area (Å²) in [4.78, 5) is 38.3. The second-order valence-corrected chi connectivity index (χ2v) is 20.6. The molecule has 0 aromatic rings. The molecule has 0 saturated heterocycles. The Morgan fingerprint density at radius 2 is 0.493 bits per heavy atom. The maximum absolute atomic E-state index is 12.9. The van der Waals surface area contributed by atoms with Gasteiger partial charge in [0, 0.05) is 19.3 Å². The van der Waals surface area contributed by atoms with Gasteiger partial charge in [0.15, 0.2) is 6.10 Å². The Balaban J connectivity index is 4.45. The molecule has 0 rings (SSSR count). The van der Waals surface area contributed by atoms with Crippen LogP contribution in [-0.2, 0) is 28.6 Å². The third-order valence-corrected chi connectivity index (χ3v) is 13.3. The lowest BCUT2D eigenvalue weighted by atomic mass is 10.1. The van der Waals surface area contributed by atoms with Gasteiger partial charge in [0.2, 0.25) is 0 Å². The molecule has 73 heavy (non-hydrogen) atoms. The van der Waals surface area contributed by atoms with Gasteiger partial charge in [-0.1, -0.05) is 247 Å². The number of esters is 3. The zero-order chi connectivity index (χ0) is 52.9. The van der Waals surface area contributed by atoms with E-state index in [1.165, 1.54) is 167 Å². The van der Waals surface area contributed by atoms with Crippen LogP contribution in [-0.4, -0.2) is 37.2 Å². The van der Waals surface area contributed by atoms with Crippen LogP contribution in [0, 0.1) is 0 Å². The third-order valence-electron chi connectivity index (χ3n) is 13.3. The van der Waals surface area contributed by atoms with Crippen molar-refractivity contribution in [1.29, 1.82) is 0 Å². The first-order valence-electron chi connectivity index (χ1n) is 31.1. The molecule has 0 unspecified atom stereocenters. The van der Waals surface area contributed by atoms with Gasteiger partial charge in [-0.2, -0.15) is 0 Å². The average Bonchev–Trinajstić information content (AvgIpc) is 3.39. The Bertz CT molecular complexity index is 1400. The monoisotopic (exact) mass is 1020 g/mol. The summed E-state index contributed by atoms with van der Waals surface area (Å²) >= 11 is 0. The lowest BCUT2D eigenvalue weighted by Crippen LogP contribution is -2.30. The molecule has 0 heterocycles. The molecule has 0 aliphatic rings. The summed E-state index contributed by atoms with van der Waals surface area (Å²) < 4.78 is 16.9. The Morgan fingerprint density at radius 1 is 0.274 bits per heavy atom. The molecule has 0 saturated carbocycles. The molecular formula is C67H116O6. The van der Waals surface area contributed by atoms with Crippen molar-refractivity contribution in [3.8, 4) is 0 Å². The molecule has 0 amide bonds. The second kappa shape index (κ2) is 61.1. The van der Waals surface area contributed by atoms with E-state index in [4.69, 9.17) is 14.2 Å². The van der Waals surface area contributed by atoms with E-state index < -0.39 is 6.10 Å². The molecule has 0 bridgehead atoms. The van der Waals surface area contributed by atoms with Crippen molar-refractivity contribution in [2.75, 3.05) is 13.2 Å². The largest absolute Gasteiger partial charge is 0.462 e. The molecule has 0 aromatic carbocycles. The van der Waals surface area contributed by atoms with E-state index in [0.29, 0.717) is 19.3 Å². The molecule has 6 heteroatoms. The van der Waals surface area contributed by atoms with Crippen LogP contribution in [0.2, 0.25) is 0 Å². The zero-order valence-electron chi connectivity index (χ0n) is 48.1. The smallest absolute Gasteiger partial charge is 0.306 e. The Hall–Kier alpha value is -3.41. The first kappa shape index (κ1) is 69.6. The number of rotatable bonds is 56. The summed E-state index contributed by atoms with van der Waals surface area (Å²) in [6.07, 6.45) is 80.0. The summed E-state index contributed by atoms with van der Waals surface area (Å²) in [5.41, 5.74) is 0. The Labute approximate surface area is 452 Å². The fourth-order valence-corrected chi connectivity index (χ4v) is 8.63. The van der Waals surface area contributed by atoms with E-state index in [1.807, 2.05) is 0 Å². The van der Waals surface area contributed by atoms with Crippen molar-refractivity contribution in [3.63, 3.8) is 0 Å². The molecule has 0 aliphatic carbocycles. The lowest BCUT2D eigenvalue weighted by Gasteiger charge is -2.18. The van der Waals surface area contributed by atoms with Gasteiger partial charge >= 0.3 is 17.9 Å². The Morgan fingerprint density at radius 3 is 0.822 bits per heavy atom. The van der Waals surface area contributed by atoms with Gasteiger partial charge < -0.3 is 14.2 Å². The first-order chi connectivity index (χ1) is 36.0. The molecule has 0 aromatic heterocycles. The maximum Gasteiger partial charge on any atom is 0.306 e. The fraction of sp³-hybridized carbons (Fsp3) is 0.746. The topological polar surface area (TPSA) is 78.9 Å². The van der Waals surface area contributed by atoms with E-state index in [-0.39, 0.29) is 31.1 Å². The fourth-order valence-electron chi connectivity index (χ4n) is 8.63. The molecule has 0 aliphatic heterocycles. The first-order valence-corrected chi connectivity index (χ1v) is 31.1. The van der Waals surface area contributed by atoms with Crippen LogP contribution in [0.15, 0.2) is 85.1 Å². The highest BCUT2D eigenvalue weighted by Crippen LogP contribution is 2.15. The molecule has 0 radical (unpaired) electrons. The van der Waals surface area contributed by atoms with Gasteiger partial charge in [0.25, 0.3) is 0 Å². The number of hydrogen-bond acceptors (Lipinski definition) is 6. The third kappa shape index (κ3) is 59.3. The van der Waals surface area contributed by atoms with Crippen molar-refractivity contribution >= 4 is 17.9 Å². The van der Waals surface area contributed by atoms with Gasteiger partial charge in [0.05, 0.1) is 0 Å². The molecule has 0 N–H and O–H groups in total. The highest BCUT2D eigenvalue weighted by molar-refractivity contribution is 5.71. The van der Waals surface area contributed by atoms with E-state index in [0.717, 1.165) is 96.3 Å². The summed E-state index contributed by atoms with van der Waals surface area (Å²) in [5, 5.41) is 0. The lowest BCUT2D eigenvalue weighted by molar-refractivity contribution is -0.167. The van der Waals surface area contributed by atoms with Crippen molar-refractivity contribution < 1.29 is 28.6 Å². The number of hydrogen-bond donors (Lipinski definition) is 0. The predicted molar refractivity (Wildman–Crippen MR) is 316 cm³/mol. The predicted octanol–water partition coefficient (Wildman–Crippen LogP) is 21.1. The zero-order valence-corrected chi connectivity index (χ0v) is 48.1. The molecule has 1 atom stereocenters. The summed E-state index contributed by atoms with van der Waals surface area (Å²) in [5.74, 6) is -0.922. The minimum absolute atomic E-state index is 0.0912. The van der Waals surface area contributed by atoms with Gasteiger partial charge in [0.1, 0.15) is 13.2 Å². The standard InChI is InChI=1S/C67H116O6/c1-4-7-10-13-16-19-22-25-28-31-33-36-39-42-45-48-51-54-57-60-66(69)72-63-64(62-71-65(68)59-56-53-50-47-44-41-38-35-30-27-24-21-18-15-12-9-6-3)73-67(70)61-58-55-52-49-46-43-40-37-34-32-29-26-23-20-17-14-11-8-5-2/h16,18-19,21,25-30,33,36,42,45,64H,4-15,17,20,22-24,31-32,34-35,37-41,43-44,46-63H2,1-3H3/b19-16+,21-18+,28-25+,29-26+,30-27+,36-33+,45-42+/t64-/m1/s1. The minimum atomic E-state index is -0.796. The number of unbranched alkanes of at least 4 members (excludes halogenated alkanes) is 31. The SMILES string of the molecule is CCCCC/C=C/C/C=C/C/C=C/C/C=C/CCCCCC(=O)OC[C@@H](COC(=O)CCCCCCCCC/C=C/C/C=C/CCCCC)OC(=O)CCCCCCCCCCC/C=C/CCCCCCCC. The number of carbonyl (C=O) groups excluding carboxylic acids is 3. The van der Waals surface area contributed by atoms with E-state index in [2.05, 4.69) is 106 Å². The summed E-state index contributed by atoms with van der Waals surface area (Å²) in [6, 6.07) is 0. The Kier molecular flexibility index (Phi) is 58.3. The van der Waals surface area contributed by atoms with Crippen LogP contribution in [0.3, 0.4) is 0 Å². The number of ether oxygens (including phenoxy) is 3. The molecular weight excluding hydrogens is 901 g/mol. The van der Waals surface area contributed by atoms with Crippen LogP contribution in [0.25, 0.3) is 0 Å². The number of allylic oxidation sites excluding steroid dienone is 14. The van der Waals surface area contributed by atoms with Crippen LogP contribution >= 0.6 is 0 Å². The molecule has 6 nitrogen and oxygen atoms in total. The van der Waals surface area contributed by atoms with Crippen molar-refractivity contribution in [3.05, 3.63) is 85.1 Å². The van der Waals surface area contributed by atoms with E-state index in [9.17, 15) is 14.4 Å². The highest BCUT2D eigenvalue weighted by atomic mass is 16.6.